The third kappa shape index (κ3) is 6.40. The highest BCUT2D eigenvalue weighted by Gasteiger charge is 2.30. The Hall–Kier alpha value is -3.27. The van der Waals surface area contributed by atoms with Gasteiger partial charge in [-0.2, -0.15) is 0 Å². The van der Waals surface area contributed by atoms with Crippen LogP contribution >= 0.6 is 0 Å². The van der Waals surface area contributed by atoms with Crippen LogP contribution in [-0.4, -0.2) is 57.3 Å². The van der Waals surface area contributed by atoms with Gasteiger partial charge in [-0.3, -0.25) is 13.9 Å². The smallest absolute Gasteiger partial charge is 0.244 e. The van der Waals surface area contributed by atoms with Gasteiger partial charge >= 0.3 is 0 Å². The van der Waals surface area contributed by atoms with E-state index >= 15 is 0 Å². The van der Waals surface area contributed by atoms with Crippen LogP contribution in [-0.2, 0) is 26.2 Å². The van der Waals surface area contributed by atoms with Gasteiger partial charge < -0.3 is 19.7 Å². The Morgan fingerprint density at radius 2 is 1.71 bits per heavy atom. The summed E-state index contributed by atoms with van der Waals surface area (Å²) < 4.78 is 36.9. The number of anilines is 1. The standard InChI is InChI=1S/C24H31N3O6S/c1-17(2)13-25-24(29)18(3)26(14-19-8-6-5-7-9-19)23(28)15-27(34(4,30)31)20-10-11-21-22(12-20)33-16-32-21/h5-12,17-18H,13-16H2,1-4H3,(H,25,29)/t18-/m0/s1. The van der Waals surface area contributed by atoms with Crippen LogP contribution in [0.4, 0.5) is 5.69 Å². The molecule has 0 saturated heterocycles. The van der Waals surface area contributed by atoms with Gasteiger partial charge in [-0.1, -0.05) is 44.2 Å². The highest BCUT2D eigenvalue weighted by molar-refractivity contribution is 7.92. The van der Waals surface area contributed by atoms with Crippen molar-refractivity contribution in [3.63, 3.8) is 0 Å². The first-order chi connectivity index (χ1) is 16.1. The molecule has 3 rings (SSSR count). The van der Waals surface area contributed by atoms with Crippen molar-refractivity contribution >= 4 is 27.5 Å². The monoisotopic (exact) mass is 489 g/mol. The normalized spacial score (nSPS) is 13.4. The number of carbonyl (C=O) groups is 2. The number of rotatable bonds is 10. The number of hydrogen-bond acceptors (Lipinski definition) is 6. The summed E-state index contributed by atoms with van der Waals surface area (Å²) in [7, 11) is -3.82. The molecule has 0 aliphatic carbocycles. The topological polar surface area (TPSA) is 105 Å². The third-order valence-electron chi connectivity index (χ3n) is 5.37. The molecule has 10 heteroatoms. The van der Waals surface area contributed by atoms with Crippen molar-refractivity contribution in [2.45, 2.75) is 33.4 Å². The quantitative estimate of drug-likeness (QED) is 0.549. The minimum atomic E-state index is -3.82. The van der Waals surface area contributed by atoms with E-state index in [1.165, 1.54) is 11.0 Å². The summed E-state index contributed by atoms with van der Waals surface area (Å²) in [5.41, 5.74) is 1.10. The second-order valence-corrected chi connectivity index (χ2v) is 10.5. The SMILES string of the molecule is CC(C)CNC(=O)[C@H](C)N(Cc1ccccc1)C(=O)CN(c1ccc2c(c1)OCO2)S(C)(=O)=O. The van der Waals surface area contributed by atoms with Gasteiger partial charge in [0, 0.05) is 19.2 Å². The number of carbonyl (C=O) groups excluding carboxylic acids is 2. The molecule has 184 valence electrons. The van der Waals surface area contributed by atoms with E-state index in [2.05, 4.69) is 5.32 Å². The second kappa shape index (κ2) is 10.8. The van der Waals surface area contributed by atoms with Crippen molar-refractivity contribution in [3.05, 3.63) is 54.1 Å². The van der Waals surface area contributed by atoms with Gasteiger partial charge in [-0.05, 0) is 30.5 Å². The lowest BCUT2D eigenvalue weighted by molar-refractivity contribution is -0.139. The Labute approximate surface area is 200 Å². The molecular formula is C24H31N3O6S. The molecule has 0 unspecified atom stereocenters. The summed E-state index contributed by atoms with van der Waals surface area (Å²) in [6, 6.07) is 13.1. The average molecular weight is 490 g/mol. The number of sulfonamides is 1. The molecule has 2 aromatic rings. The van der Waals surface area contributed by atoms with E-state index in [9.17, 15) is 18.0 Å². The molecule has 1 heterocycles. The van der Waals surface area contributed by atoms with Crippen LogP contribution < -0.4 is 19.1 Å². The van der Waals surface area contributed by atoms with Crippen LogP contribution in [0.3, 0.4) is 0 Å². The second-order valence-electron chi connectivity index (χ2n) is 8.63. The van der Waals surface area contributed by atoms with Crippen LogP contribution in [0.25, 0.3) is 0 Å². The van der Waals surface area contributed by atoms with Gasteiger partial charge in [0.2, 0.25) is 28.6 Å². The van der Waals surface area contributed by atoms with Gasteiger partial charge in [0.05, 0.1) is 11.9 Å². The van der Waals surface area contributed by atoms with Gasteiger partial charge in [-0.15, -0.1) is 0 Å². The molecule has 0 spiro atoms. The zero-order valence-corrected chi connectivity index (χ0v) is 20.7. The van der Waals surface area contributed by atoms with Gasteiger partial charge in [0.25, 0.3) is 0 Å². The van der Waals surface area contributed by atoms with Crippen LogP contribution in [0.15, 0.2) is 48.5 Å². The lowest BCUT2D eigenvalue weighted by Crippen LogP contribution is -2.51. The summed E-state index contributed by atoms with van der Waals surface area (Å²) >= 11 is 0. The molecule has 1 aliphatic heterocycles. The molecule has 1 N–H and O–H groups in total. The molecule has 0 bridgehead atoms. The van der Waals surface area contributed by atoms with Crippen LogP contribution in [0.5, 0.6) is 11.5 Å². The van der Waals surface area contributed by atoms with Gasteiger partial charge in [-0.25, -0.2) is 8.42 Å². The van der Waals surface area contributed by atoms with E-state index in [0.29, 0.717) is 18.0 Å². The van der Waals surface area contributed by atoms with E-state index < -0.39 is 28.5 Å². The maximum absolute atomic E-state index is 13.5. The average Bonchev–Trinajstić information content (AvgIpc) is 3.26. The molecule has 0 saturated carbocycles. The number of nitrogens with zero attached hydrogens (tertiary/aromatic N) is 2. The minimum Gasteiger partial charge on any atom is -0.454 e. The number of amides is 2. The maximum atomic E-state index is 13.5. The molecular weight excluding hydrogens is 458 g/mol. The van der Waals surface area contributed by atoms with Gasteiger partial charge in [0.15, 0.2) is 11.5 Å². The molecule has 1 aliphatic rings. The van der Waals surface area contributed by atoms with Gasteiger partial charge in [0.1, 0.15) is 12.6 Å². The van der Waals surface area contributed by atoms with E-state index in [0.717, 1.165) is 16.1 Å². The summed E-state index contributed by atoms with van der Waals surface area (Å²) in [5, 5.41) is 2.85. The van der Waals surface area contributed by atoms with Crippen LogP contribution in [0.1, 0.15) is 26.3 Å². The lowest BCUT2D eigenvalue weighted by Gasteiger charge is -2.31. The fourth-order valence-corrected chi connectivity index (χ4v) is 4.31. The highest BCUT2D eigenvalue weighted by Crippen LogP contribution is 2.36. The number of nitrogens with one attached hydrogen (secondary N) is 1. The third-order valence-corrected chi connectivity index (χ3v) is 6.51. The Bertz CT molecular complexity index is 1120. The van der Waals surface area contributed by atoms with E-state index in [-0.39, 0.29) is 30.9 Å². The molecule has 2 amide bonds. The summed E-state index contributed by atoms with van der Waals surface area (Å²) in [6.45, 7) is 5.82. The first-order valence-corrected chi connectivity index (χ1v) is 12.9. The summed E-state index contributed by atoms with van der Waals surface area (Å²) in [4.78, 5) is 27.7. The molecule has 9 nitrogen and oxygen atoms in total. The van der Waals surface area contributed by atoms with Crippen molar-refractivity contribution in [1.29, 1.82) is 0 Å². The van der Waals surface area contributed by atoms with E-state index in [4.69, 9.17) is 9.47 Å². The number of hydrogen-bond donors (Lipinski definition) is 1. The number of benzene rings is 2. The molecule has 1 atom stereocenters. The zero-order valence-electron chi connectivity index (χ0n) is 19.9. The van der Waals surface area contributed by atoms with E-state index in [1.807, 2.05) is 44.2 Å². The fraction of sp³-hybridized carbons (Fsp3) is 0.417. The Balaban J connectivity index is 1.87. The zero-order chi connectivity index (χ0) is 24.9. The number of fused-ring (bicyclic) bond motifs is 1. The minimum absolute atomic E-state index is 0.0461. The Morgan fingerprint density at radius 1 is 1.03 bits per heavy atom. The van der Waals surface area contributed by atoms with E-state index in [1.54, 1.807) is 19.1 Å². The van der Waals surface area contributed by atoms with Crippen molar-refractivity contribution in [1.82, 2.24) is 10.2 Å². The summed E-state index contributed by atoms with van der Waals surface area (Å²) in [5.74, 6) is 0.359. The molecule has 0 fully saturated rings. The largest absolute Gasteiger partial charge is 0.454 e. The lowest BCUT2D eigenvalue weighted by atomic mass is 10.1. The summed E-state index contributed by atoms with van der Waals surface area (Å²) in [6.07, 6.45) is 1.03. The highest BCUT2D eigenvalue weighted by atomic mass is 32.2. The Morgan fingerprint density at radius 3 is 2.35 bits per heavy atom. The molecule has 0 aromatic heterocycles. The Kier molecular flexibility index (Phi) is 8.03. The van der Waals surface area contributed by atoms with Crippen molar-refractivity contribution < 1.29 is 27.5 Å². The van der Waals surface area contributed by atoms with Crippen molar-refractivity contribution in [2.75, 3.05) is 30.4 Å². The first-order valence-electron chi connectivity index (χ1n) is 11.0. The van der Waals surface area contributed by atoms with Crippen molar-refractivity contribution in [3.8, 4) is 11.5 Å². The van der Waals surface area contributed by atoms with Crippen LogP contribution in [0.2, 0.25) is 0 Å². The van der Waals surface area contributed by atoms with Crippen molar-refractivity contribution in [2.24, 2.45) is 5.92 Å². The van der Waals surface area contributed by atoms with Crippen LogP contribution in [0, 0.1) is 5.92 Å². The molecule has 0 radical (unpaired) electrons. The molecule has 34 heavy (non-hydrogen) atoms. The maximum Gasteiger partial charge on any atom is 0.244 e. The molecule has 2 aromatic carbocycles. The number of ether oxygens (including phenoxy) is 2. The fourth-order valence-electron chi connectivity index (χ4n) is 3.47. The predicted octanol–water partition coefficient (Wildman–Crippen LogP) is 2.37. The predicted molar refractivity (Wildman–Crippen MR) is 129 cm³/mol. The first kappa shape index (κ1) is 25.4.